The Morgan fingerprint density at radius 3 is 2.39 bits per heavy atom. The fourth-order valence-electron chi connectivity index (χ4n) is 2.35. The molecule has 0 aliphatic carbocycles. The zero-order chi connectivity index (χ0) is 19.8. The number of hydrogen-bond acceptors (Lipinski definition) is 7. The first kappa shape index (κ1) is 20.5. The fraction of sp³-hybridized carbons (Fsp3) is 0.211. The molecule has 1 aromatic heterocycles. The number of nitrogens with zero attached hydrogens (tertiary/aromatic N) is 2. The average molecular weight is 434 g/mol. The van der Waals surface area contributed by atoms with Crippen molar-refractivity contribution >= 4 is 44.0 Å². The summed E-state index contributed by atoms with van der Waals surface area (Å²) in [5.74, 6) is 0.00240. The van der Waals surface area contributed by atoms with E-state index in [-0.39, 0.29) is 23.8 Å². The Bertz CT molecular complexity index is 1010. The summed E-state index contributed by atoms with van der Waals surface area (Å²) in [6.07, 6.45) is -0.108. The van der Waals surface area contributed by atoms with Crippen LogP contribution in [0.5, 0.6) is 0 Å². The van der Waals surface area contributed by atoms with Gasteiger partial charge in [-0.05, 0) is 17.7 Å². The number of anilines is 1. The molecule has 3 rings (SSSR count). The summed E-state index contributed by atoms with van der Waals surface area (Å²) in [6.45, 7) is 0. The van der Waals surface area contributed by atoms with E-state index in [1.807, 2.05) is 36.4 Å². The monoisotopic (exact) mass is 433 g/mol. The van der Waals surface area contributed by atoms with Gasteiger partial charge in [0.1, 0.15) is 5.01 Å². The second kappa shape index (κ2) is 9.81. The Labute approximate surface area is 172 Å². The van der Waals surface area contributed by atoms with E-state index in [0.717, 1.165) is 9.90 Å². The van der Waals surface area contributed by atoms with E-state index in [0.29, 0.717) is 16.4 Å². The zero-order valence-electron chi connectivity index (χ0n) is 14.9. The van der Waals surface area contributed by atoms with Crippen LogP contribution in [0.1, 0.15) is 17.0 Å². The number of rotatable bonds is 9. The number of aromatic nitrogens is 2. The van der Waals surface area contributed by atoms with Crippen LogP contribution in [0.2, 0.25) is 0 Å². The van der Waals surface area contributed by atoms with Gasteiger partial charge in [0.25, 0.3) is 0 Å². The van der Waals surface area contributed by atoms with E-state index < -0.39 is 9.84 Å². The second-order valence-electron chi connectivity index (χ2n) is 5.98. The number of sulfone groups is 1. The first-order valence-corrected chi connectivity index (χ1v) is 12.2. The molecule has 1 amide bonds. The average Bonchev–Trinajstić information content (AvgIpc) is 3.13. The highest BCUT2D eigenvalue weighted by Gasteiger charge is 2.16. The van der Waals surface area contributed by atoms with Crippen molar-refractivity contribution in [2.24, 2.45) is 0 Å². The topological polar surface area (TPSA) is 89.0 Å². The largest absolute Gasteiger partial charge is 0.301 e. The Hall–Kier alpha value is -2.23. The lowest BCUT2D eigenvalue weighted by Gasteiger charge is -2.04. The van der Waals surface area contributed by atoms with Crippen molar-refractivity contribution in [2.75, 3.05) is 11.1 Å². The SMILES string of the molecule is O=C(CCS(=O)(=O)Cc1ccccc1)Nc1nnc(CSc2ccccc2)s1. The first-order chi connectivity index (χ1) is 13.5. The predicted octanol–water partition coefficient (Wildman–Crippen LogP) is 3.77. The Morgan fingerprint density at radius 2 is 1.68 bits per heavy atom. The van der Waals surface area contributed by atoms with Crippen molar-refractivity contribution in [1.29, 1.82) is 0 Å². The van der Waals surface area contributed by atoms with Crippen LogP contribution >= 0.6 is 23.1 Å². The molecular weight excluding hydrogens is 414 g/mol. The summed E-state index contributed by atoms with van der Waals surface area (Å²) >= 11 is 2.93. The van der Waals surface area contributed by atoms with Gasteiger partial charge in [0.2, 0.25) is 11.0 Å². The molecular formula is C19H19N3O3S3. The number of amides is 1. The van der Waals surface area contributed by atoms with E-state index in [1.54, 1.807) is 36.0 Å². The molecule has 0 atom stereocenters. The molecule has 0 fully saturated rings. The van der Waals surface area contributed by atoms with Crippen LogP contribution in [0, 0.1) is 0 Å². The third-order valence-electron chi connectivity index (χ3n) is 3.69. The number of benzene rings is 2. The minimum Gasteiger partial charge on any atom is -0.301 e. The molecule has 2 aromatic carbocycles. The van der Waals surface area contributed by atoms with Crippen LogP contribution in [0.15, 0.2) is 65.6 Å². The number of nitrogens with one attached hydrogen (secondary N) is 1. The number of hydrogen-bond donors (Lipinski definition) is 1. The van der Waals surface area contributed by atoms with Crippen molar-refractivity contribution in [1.82, 2.24) is 10.2 Å². The minimum atomic E-state index is -3.35. The third kappa shape index (κ3) is 6.74. The standard InChI is InChI=1S/C19H19N3O3S3/c23-17(11-12-28(24,25)14-15-7-3-1-4-8-15)20-19-22-21-18(27-19)13-26-16-9-5-2-6-10-16/h1-10H,11-14H2,(H,20,22,23). The number of carbonyl (C=O) groups excluding carboxylic acids is 1. The summed E-state index contributed by atoms with van der Waals surface area (Å²) in [5, 5.41) is 11.8. The lowest BCUT2D eigenvalue weighted by atomic mass is 10.2. The maximum atomic E-state index is 12.2. The summed E-state index contributed by atoms with van der Waals surface area (Å²) < 4.78 is 24.3. The smallest absolute Gasteiger partial charge is 0.227 e. The highest BCUT2D eigenvalue weighted by atomic mass is 32.2. The normalized spacial score (nSPS) is 11.3. The van der Waals surface area contributed by atoms with E-state index >= 15 is 0 Å². The molecule has 1 heterocycles. The Kier molecular flexibility index (Phi) is 7.18. The highest BCUT2D eigenvalue weighted by molar-refractivity contribution is 7.98. The molecule has 0 radical (unpaired) electrons. The van der Waals surface area contributed by atoms with Gasteiger partial charge in [0.05, 0.1) is 17.3 Å². The Balaban J connectivity index is 1.45. The van der Waals surface area contributed by atoms with E-state index in [4.69, 9.17) is 0 Å². The summed E-state index contributed by atoms with van der Waals surface area (Å²) in [5.41, 5.74) is 0.715. The van der Waals surface area contributed by atoms with Gasteiger partial charge in [-0.15, -0.1) is 22.0 Å². The van der Waals surface area contributed by atoms with Gasteiger partial charge in [-0.2, -0.15) is 0 Å². The zero-order valence-corrected chi connectivity index (χ0v) is 17.4. The number of carbonyl (C=O) groups is 1. The second-order valence-corrected chi connectivity index (χ2v) is 10.3. The molecule has 0 unspecified atom stereocenters. The molecule has 1 N–H and O–H groups in total. The molecule has 0 aliphatic rings. The van der Waals surface area contributed by atoms with E-state index in [9.17, 15) is 13.2 Å². The van der Waals surface area contributed by atoms with Crippen molar-refractivity contribution in [3.8, 4) is 0 Å². The van der Waals surface area contributed by atoms with E-state index in [1.165, 1.54) is 11.3 Å². The summed E-state index contributed by atoms with van der Waals surface area (Å²) in [7, 11) is -3.35. The maximum absolute atomic E-state index is 12.2. The maximum Gasteiger partial charge on any atom is 0.227 e. The molecule has 146 valence electrons. The van der Waals surface area contributed by atoms with Crippen LogP contribution in [0.3, 0.4) is 0 Å². The predicted molar refractivity (Wildman–Crippen MR) is 113 cm³/mol. The first-order valence-electron chi connectivity index (χ1n) is 8.55. The van der Waals surface area contributed by atoms with Gasteiger partial charge in [-0.25, -0.2) is 8.42 Å². The molecule has 0 aliphatic heterocycles. The van der Waals surface area contributed by atoms with Gasteiger partial charge in [0, 0.05) is 11.3 Å². The molecule has 3 aromatic rings. The van der Waals surface area contributed by atoms with Crippen molar-refractivity contribution in [2.45, 2.75) is 22.8 Å². The molecule has 6 nitrogen and oxygen atoms in total. The Morgan fingerprint density at radius 1 is 1.00 bits per heavy atom. The van der Waals surface area contributed by atoms with Gasteiger partial charge in [-0.3, -0.25) is 4.79 Å². The third-order valence-corrected chi connectivity index (χ3v) is 7.33. The summed E-state index contributed by atoms with van der Waals surface area (Å²) in [6, 6.07) is 18.9. The minimum absolute atomic E-state index is 0.0687. The molecule has 9 heteroatoms. The molecule has 28 heavy (non-hydrogen) atoms. The van der Waals surface area contributed by atoms with Crippen LogP contribution in [-0.2, 0) is 26.1 Å². The fourth-order valence-corrected chi connectivity index (χ4v) is 5.36. The number of thioether (sulfide) groups is 1. The van der Waals surface area contributed by atoms with Gasteiger partial charge in [0.15, 0.2) is 9.84 Å². The molecule has 0 saturated carbocycles. The molecule has 0 bridgehead atoms. The highest BCUT2D eigenvalue weighted by Crippen LogP contribution is 2.25. The summed E-state index contributed by atoms with van der Waals surface area (Å²) in [4.78, 5) is 13.2. The van der Waals surface area contributed by atoms with Crippen LogP contribution in [0.4, 0.5) is 5.13 Å². The van der Waals surface area contributed by atoms with Crippen molar-refractivity contribution in [3.05, 3.63) is 71.2 Å². The van der Waals surface area contributed by atoms with Crippen LogP contribution in [-0.4, -0.2) is 30.3 Å². The lowest BCUT2D eigenvalue weighted by Crippen LogP contribution is -2.18. The van der Waals surface area contributed by atoms with Crippen molar-refractivity contribution < 1.29 is 13.2 Å². The van der Waals surface area contributed by atoms with Gasteiger partial charge in [-0.1, -0.05) is 59.9 Å². The van der Waals surface area contributed by atoms with Crippen molar-refractivity contribution in [3.63, 3.8) is 0 Å². The van der Waals surface area contributed by atoms with Gasteiger partial charge >= 0.3 is 0 Å². The molecule has 0 spiro atoms. The molecule has 0 saturated heterocycles. The van der Waals surface area contributed by atoms with Crippen LogP contribution in [0.25, 0.3) is 0 Å². The van der Waals surface area contributed by atoms with E-state index in [2.05, 4.69) is 15.5 Å². The van der Waals surface area contributed by atoms with Crippen LogP contribution < -0.4 is 5.32 Å². The van der Waals surface area contributed by atoms with Gasteiger partial charge < -0.3 is 5.32 Å². The quantitative estimate of drug-likeness (QED) is 0.517. The lowest BCUT2D eigenvalue weighted by molar-refractivity contribution is -0.115.